The number of aliphatic imine (C=N–C) groups is 1. The van der Waals surface area contributed by atoms with Gasteiger partial charge < -0.3 is 31.7 Å². The standard InChI is InChI=1S/C33H47N5O6S/c1-6-18-15(2)22(37-32(18)44)13-27-33(5,34)20(8-10-29(41)42)24(36-27)12-23-19(7-9-28(39)40)16(3)21(35-23)11-25-30(26-14-45-26)17(4)31(43)38-25/h11,16-17,25-27,30-31,35-36,38,43H,6-10,12-14,34H2,1-5H3,(H,39,40)(H,41,42)/p+1/b21-11+/t16?,17-,25?,26-,27?,30-,31?,33+/m1/s1. The van der Waals surface area contributed by atoms with Gasteiger partial charge in [-0.1, -0.05) is 20.8 Å². The van der Waals surface area contributed by atoms with Gasteiger partial charge in [0, 0.05) is 72.1 Å². The molecule has 11 nitrogen and oxygen atoms in total. The number of aliphatic hydroxyl groups is 1. The van der Waals surface area contributed by atoms with E-state index in [0.29, 0.717) is 48.1 Å². The quantitative estimate of drug-likeness (QED) is 0.0893. The topological polar surface area (TPSA) is 186 Å². The minimum absolute atomic E-state index is 0.00545. The highest BCUT2D eigenvalue weighted by molar-refractivity contribution is 7.86. The van der Waals surface area contributed by atoms with Gasteiger partial charge in [0.1, 0.15) is 6.23 Å². The molecule has 2 saturated heterocycles. The number of rotatable bonds is 13. The molecule has 5 rings (SSSR count). The Hall–Kier alpha value is -2.93. The predicted octanol–water partition coefficient (Wildman–Crippen LogP) is 2.26. The zero-order valence-electron chi connectivity index (χ0n) is 26.8. The first-order chi connectivity index (χ1) is 21.2. The zero-order chi connectivity index (χ0) is 32.8. The second-order valence-corrected chi connectivity index (χ2v) is 14.8. The molecule has 246 valence electrons. The van der Waals surface area contributed by atoms with Crippen molar-refractivity contribution in [3.63, 3.8) is 0 Å². The number of thiol groups is 1. The molecule has 12 heteroatoms. The number of amides is 1. The first-order valence-corrected chi connectivity index (χ1v) is 17.2. The van der Waals surface area contributed by atoms with Crippen molar-refractivity contribution in [1.29, 1.82) is 0 Å². The summed E-state index contributed by atoms with van der Waals surface area (Å²) in [6.07, 6.45) is 3.60. The number of carboxylic acid groups (broad SMARTS) is 2. The average Bonchev–Trinajstić information content (AvgIpc) is 3.56. The predicted molar refractivity (Wildman–Crippen MR) is 175 cm³/mol. The Balaban J connectivity index is 1.44. The van der Waals surface area contributed by atoms with Crippen LogP contribution in [0.5, 0.6) is 0 Å². The van der Waals surface area contributed by atoms with Crippen LogP contribution in [0.15, 0.2) is 50.5 Å². The lowest BCUT2D eigenvalue weighted by molar-refractivity contribution is -0.138. The summed E-state index contributed by atoms with van der Waals surface area (Å²) in [6, 6.07) is -0.305. The molecule has 0 saturated carbocycles. The van der Waals surface area contributed by atoms with Crippen molar-refractivity contribution in [1.82, 2.24) is 16.0 Å². The number of carbonyl (C=O) groups excluding carboxylic acids is 1. The van der Waals surface area contributed by atoms with Crippen LogP contribution in [0.25, 0.3) is 0 Å². The minimum atomic E-state index is -0.914. The third-order valence-corrected chi connectivity index (χ3v) is 11.7. The van der Waals surface area contributed by atoms with Crippen molar-refractivity contribution in [2.24, 2.45) is 28.5 Å². The van der Waals surface area contributed by atoms with Crippen molar-refractivity contribution in [2.75, 3.05) is 5.75 Å². The van der Waals surface area contributed by atoms with Gasteiger partial charge >= 0.3 is 11.9 Å². The second kappa shape index (κ2) is 13.1. The number of nitrogens with two attached hydrogens (primary N) is 1. The minimum Gasteiger partial charge on any atom is -0.481 e. The first-order valence-electron chi connectivity index (χ1n) is 16.1. The largest absolute Gasteiger partial charge is 0.481 e. The molecule has 8 atom stereocenters. The maximum absolute atomic E-state index is 12.5. The number of carboxylic acids is 2. The van der Waals surface area contributed by atoms with Crippen LogP contribution in [0, 0.1) is 17.8 Å². The summed E-state index contributed by atoms with van der Waals surface area (Å²) in [5.41, 5.74) is 12.9. The van der Waals surface area contributed by atoms with E-state index in [2.05, 4.69) is 40.9 Å². The van der Waals surface area contributed by atoms with Gasteiger partial charge in [0.2, 0.25) is 0 Å². The molecule has 0 radical (unpaired) electrons. The molecule has 2 fully saturated rings. The van der Waals surface area contributed by atoms with Gasteiger partial charge in [0.05, 0.1) is 17.3 Å². The molecule has 0 aromatic rings. The lowest BCUT2D eigenvalue weighted by Gasteiger charge is -2.30. The van der Waals surface area contributed by atoms with Gasteiger partial charge in [0.15, 0.2) is 11.0 Å². The highest BCUT2D eigenvalue weighted by atomic mass is 32.2. The molecular formula is C33H48N5O6S+. The van der Waals surface area contributed by atoms with Crippen LogP contribution in [0.3, 0.4) is 0 Å². The normalized spacial score (nSPS) is 35.4. The van der Waals surface area contributed by atoms with Crippen LogP contribution in [0.2, 0.25) is 0 Å². The Bertz CT molecular complexity index is 1420. The molecule has 0 spiro atoms. The van der Waals surface area contributed by atoms with Crippen molar-refractivity contribution < 1.29 is 29.7 Å². The fraction of sp³-hybridized carbons (Fsp3) is 0.636. The van der Waals surface area contributed by atoms with E-state index in [0.717, 1.165) is 39.6 Å². The zero-order valence-corrected chi connectivity index (χ0v) is 27.7. The number of aliphatic hydroxyl groups excluding tert-OH is 1. The van der Waals surface area contributed by atoms with E-state index in [1.54, 1.807) is 0 Å². The number of nitrogens with zero attached hydrogens (tertiary/aromatic N) is 1. The Morgan fingerprint density at radius 2 is 1.82 bits per heavy atom. The van der Waals surface area contributed by atoms with Crippen molar-refractivity contribution in [3.05, 3.63) is 45.5 Å². The summed E-state index contributed by atoms with van der Waals surface area (Å²) in [7, 11) is 0. The van der Waals surface area contributed by atoms with Crippen molar-refractivity contribution >= 4 is 35.3 Å². The highest BCUT2D eigenvalue weighted by Gasteiger charge is 2.53. The first kappa shape index (κ1) is 33.4. The fourth-order valence-electron chi connectivity index (χ4n) is 7.66. The monoisotopic (exact) mass is 642 g/mol. The van der Waals surface area contributed by atoms with E-state index < -0.39 is 23.7 Å². The van der Waals surface area contributed by atoms with Gasteiger partial charge in [-0.2, -0.15) is 0 Å². The van der Waals surface area contributed by atoms with Gasteiger partial charge in [-0.15, -0.1) is 0 Å². The maximum atomic E-state index is 12.5. The van der Waals surface area contributed by atoms with Crippen LogP contribution < -0.4 is 21.7 Å². The second-order valence-electron chi connectivity index (χ2n) is 13.4. The molecular weight excluding hydrogens is 594 g/mol. The summed E-state index contributed by atoms with van der Waals surface area (Å²) in [5.74, 6) is -0.431. The summed E-state index contributed by atoms with van der Waals surface area (Å²) in [6.45, 7) is 9.92. The van der Waals surface area contributed by atoms with Crippen LogP contribution in [-0.2, 0) is 26.1 Å². The third kappa shape index (κ3) is 6.79. The highest BCUT2D eigenvalue weighted by Crippen LogP contribution is 2.42. The molecule has 8 N–H and O–H groups in total. The summed E-state index contributed by atoms with van der Waals surface area (Å²) in [5, 5.41) is 40.8. The molecule has 4 unspecified atom stereocenters. The SMILES string of the molecule is CCC1=C(C)C(CC2NC(CC3=C(CCC(=O)O)C(C)/C(=C\C4NC(O)[C@H](C)[C@H]4[C@H]4C[SH+]4)N3)=C(CCC(=O)O)[C@]2(C)N)=NC1=O. The van der Waals surface area contributed by atoms with E-state index in [-0.39, 0.29) is 49.1 Å². The smallest absolute Gasteiger partial charge is 0.303 e. The number of allylic oxidation sites excluding steroid dienone is 2. The Kier molecular flexibility index (Phi) is 9.70. The molecule has 0 aromatic carbocycles. The summed E-state index contributed by atoms with van der Waals surface area (Å²) in [4.78, 5) is 40.1. The number of aliphatic carboxylic acids is 2. The Morgan fingerprint density at radius 3 is 2.42 bits per heavy atom. The fourth-order valence-corrected chi connectivity index (χ4v) is 8.72. The van der Waals surface area contributed by atoms with Crippen LogP contribution in [0.4, 0.5) is 0 Å². The summed E-state index contributed by atoms with van der Waals surface area (Å²) >= 11 is 1.42. The number of hydrogen-bond acceptors (Lipinski definition) is 8. The van der Waals surface area contributed by atoms with Crippen LogP contribution in [0.1, 0.15) is 79.6 Å². The average molecular weight is 643 g/mol. The maximum Gasteiger partial charge on any atom is 0.303 e. The molecule has 5 heterocycles. The van der Waals surface area contributed by atoms with Gasteiger partial charge in [-0.25, -0.2) is 4.99 Å². The molecule has 45 heavy (non-hydrogen) atoms. The van der Waals surface area contributed by atoms with Gasteiger partial charge in [0.25, 0.3) is 5.91 Å². The molecule has 0 aliphatic carbocycles. The van der Waals surface area contributed by atoms with Crippen molar-refractivity contribution in [2.45, 2.75) is 109 Å². The molecule has 0 aromatic heterocycles. The van der Waals surface area contributed by atoms with E-state index in [9.17, 15) is 29.7 Å². The Morgan fingerprint density at radius 1 is 1.16 bits per heavy atom. The third-order valence-electron chi connectivity index (χ3n) is 10.5. The van der Waals surface area contributed by atoms with Crippen LogP contribution >= 0.6 is 0 Å². The molecule has 0 bridgehead atoms. The molecule has 5 aliphatic heterocycles. The van der Waals surface area contributed by atoms with E-state index >= 15 is 0 Å². The van der Waals surface area contributed by atoms with Crippen LogP contribution in [-0.4, -0.2) is 73.7 Å². The molecule has 1 amide bonds. The van der Waals surface area contributed by atoms with E-state index in [1.165, 1.54) is 11.8 Å². The van der Waals surface area contributed by atoms with Crippen molar-refractivity contribution in [3.8, 4) is 0 Å². The van der Waals surface area contributed by atoms with E-state index in [1.807, 2.05) is 20.8 Å². The number of nitrogens with one attached hydrogen (secondary N) is 3. The van der Waals surface area contributed by atoms with Gasteiger partial charge in [-0.3, -0.25) is 19.7 Å². The van der Waals surface area contributed by atoms with E-state index in [4.69, 9.17) is 5.73 Å². The Labute approximate surface area is 269 Å². The number of hydrogen-bond donors (Lipinski definition) is 7. The van der Waals surface area contributed by atoms with Gasteiger partial charge in [-0.05, 0) is 67.7 Å². The lowest BCUT2D eigenvalue weighted by Crippen LogP contribution is -2.51. The molecule has 5 aliphatic rings. The number of carbonyl (C=O) groups is 3. The summed E-state index contributed by atoms with van der Waals surface area (Å²) < 4.78 is 0. The lowest BCUT2D eigenvalue weighted by atomic mass is 9.82.